The summed E-state index contributed by atoms with van der Waals surface area (Å²) >= 11 is 0. The Morgan fingerprint density at radius 3 is 2.62 bits per heavy atom. The van der Waals surface area contributed by atoms with Crippen LogP contribution in [0, 0.1) is 5.41 Å². The summed E-state index contributed by atoms with van der Waals surface area (Å²) in [5.41, 5.74) is 1.70. The fraction of sp³-hybridized carbons (Fsp3) is 0.760. The molecule has 2 saturated carbocycles. The molecule has 0 radical (unpaired) electrons. The molecule has 0 unspecified atom stereocenters. The summed E-state index contributed by atoms with van der Waals surface area (Å²) in [7, 11) is 0. The number of aromatic nitrogens is 1. The van der Waals surface area contributed by atoms with Gasteiger partial charge in [0.25, 0.3) is 0 Å². The van der Waals surface area contributed by atoms with Crippen molar-refractivity contribution in [1.82, 2.24) is 14.8 Å². The Bertz CT molecular complexity index is 796. The molecule has 32 heavy (non-hydrogen) atoms. The standard InChI is InChI=1S/C25H38N4O3/c1-2-32-24(31)29-17-25(18-29)10-9-20(16-25)27-12-14-28(15-13-27)23-22(4-3-11-26-23)19-5-7-21(30)8-6-19/h3-4,11,19-21,30H,2,5-10,12-18H2,1H3/t19?,20-,21?/m1/s1. The number of anilines is 1. The number of aliphatic hydroxyl groups is 1. The summed E-state index contributed by atoms with van der Waals surface area (Å²) in [4.78, 5) is 23.8. The number of hydrogen-bond acceptors (Lipinski definition) is 6. The Morgan fingerprint density at radius 2 is 1.91 bits per heavy atom. The van der Waals surface area contributed by atoms with Crippen molar-refractivity contribution in [2.75, 3.05) is 50.8 Å². The van der Waals surface area contributed by atoms with E-state index in [1.165, 1.54) is 30.6 Å². The minimum Gasteiger partial charge on any atom is -0.450 e. The molecule has 7 heteroatoms. The van der Waals surface area contributed by atoms with Crippen LogP contribution in [0.1, 0.15) is 63.4 Å². The summed E-state index contributed by atoms with van der Waals surface area (Å²) in [6, 6.07) is 4.96. The minimum atomic E-state index is -0.145. The van der Waals surface area contributed by atoms with E-state index < -0.39 is 0 Å². The predicted molar refractivity (Wildman–Crippen MR) is 124 cm³/mol. The third-order valence-corrected chi connectivity index (χ3v) is 8.34. The van der Waals surface area contributed by atoms with E-state index in [4.69, 9.17) is 9.72 Å². The van der Waals surface area contributed by atoms with Crippen molar-refractivity contribution in [3.63, 3.8) is 0 Å². The molecule has 1 amide bonds. The lowest BCUT2D eigenvalue weighted by molar-refractivity contribution is -0.00294. The zero-order valence-corrected chi connectivity index (χ0v) is 19.4. The quantitative estimate of drug-likeness (QED) is 0.772. The van der Waals surface area contributed by atoms with Gasteiger partial charge in [-0.05, 0) is 69.4 Å². The molecule has 7 nitrogen and oxygen atoms in total. The third-order valence-electron chi connectivity index (χ3n) is 8.34. The molecule has 1 aromatic heterocycles. The van der Waals surface area contributed by atoms with Crippen LogP contribution in [0.25, 0.3) is 0 Å². The van der Waals surface area contributed by atoms with Gasteiger partial charge in [0.05, 0.1) is 12.7 Å². The van der Waals surface area contributed by atoms with Gasteiger partial charge in [0.15, 0.2) is 0 Å². The molecule has 2 aliphatic heterocycles. The minimum absolute atomic E-state index is 0.121. The number of carbonyl (C=O) groups is 1. The second kappa shape index (κ2) is 9.18. The largest absolute Gasteiger partial charge is 0.450 e. The molecule has 0 aromatic carbocycles. The molecule has 1 atom stereocenters. The van der Waals surface area contributed by atoms with Crippen LogP contribution in [0.4, 0.5) is 10.6 Å². The van der Waals surface area contributed by atoms with Crippen molar-refractivity contribution in [2.24, 2.45) is 5.41 Å². The van der Waals surface area contributed by atoms with E-state index in [0.717, 1.165) is 65.0 Å². The van der Waals surface area contributed by atoms with Gasteiger partial charge < -0.3 is 19.6 Å². The number of aliphatic hydroxyl groups excluding tert-OH is 1. The Kier molecular flexibility index (Phi) is 6.30. The van der Waals surface area contributed by atoms with Crippen LogP contribution in [-0.4, -0.2) is 84.0 Å². The van der Waals surface area contributed by atoms with E-state index in [2.05, 4.69) is 21.9 Å². The third kappa shape index (κ3) is 4.34. The van der Waals surface area contributed by atoms with Gasteiger partial charge in [-0.25, -0.2) is 9.78 Å². The maximum Gasteiger partial charge on any atom is 0.409 e. The fourth-order valence-electron chi connectivity index (χ4n) is 6.56. The van der Waals surface area contributed by atoms with Crippen LogP contribution in [-0.2, 0) is 4.74 Å². The van der Waals surface area contributed by atoms with E-state index in [0.29, 0.717) is 24.0 Å². The first-order chi connectivity index (χ1) is 15.6. The van der Waals surface area contributed by atoms with Crippen LogP contribution in [0.2, 0.25) is 0 Å². The van der Waals surface area contributed by atoms with E-state index >= 15 is 0 Å². The van der Waals surface area contributed by atoms with Crippen LogP contribution in [0.3, 0.4) is 0 Å². The molecule has 1 aromatic rings. The van der Waals surface area contributed by atoms with Crippen LogP contribution >= 0.6 is 0 Å². The molecular weight excluding hydrogens is 404 g/mol. The molecule has 1 N–H and O–H groups in total. The van der Waals surface area contributed by atoms with Crippen molar-refractivity contribution in [2.45, 2.75) is 69.9 Å². The molecule has 2 saturated heterocycles. The number of pyridine rings is 1. The van der Waals surface area contributed by atoms with Crippen molar-refractivity contribution >= 4 is 11.9 Å². The summed E-state index contributed by atoms with van der Waals surface area (Å²) < 4.78 is 5.16. The first-order valence-electron chi connectivity index (χ1n) is 12.6. The SMILES string of the molecule is CCOC(=O)N1CC2(CC[C@@H](N3CCN(c4ncccc4C4CCC(O)CC4)CC3)C2)C1. The number of amides is 1. The number of hydrogen-bond donors (Lipinski definition) is 1. The van der Waals surface area contributed by atoms with E-state index in [9.17, 15) is 9.90 Å². The monoisotopic (exact) mass is 442 g/mol. The molecule has 176 valence electrons. The second-order valence-electron chi connectivity index (χ2n) is 10.4. The zero-order chi connectivity index (χ0) is 22.1. The van der Waals surface area contributed by atoms with Crippen molar-refractivity contribution in [3.8, 4) is 0 Å². The lowest BCUT2D eigenvalue weighted by Gasteiger charge is -2.48. The highest BCUT2D eigenvalue weighted by Crippen LogP contribution is 2.47. The maximum atomic E-state index is 11.9. The number of carbonyl (C=O) groups excluding carboxylic acids is 1. The Labute approximate surface area is 191 Å². The zero-order valence-electron chi connectivity index (χ0n) is 19.4. The van der Waals surface area contributed by atoms with Crippen LogP contribution in [0.5, 0.6) is 0 Å². The van der Waals surface area contributed by atoms with E-state index in [1.807, 2.05) is 18.0 Å². The van der Waals surface area contributed by atoms with Gasteiger partial charge in [-0.15, -0.1) is 0 Å². The lowest BCUT2D eigenvalue weighted by Crippen LogP contribution is -2.58. The Hall–Kier alpha value is -1.86. The Morgan fingerprint density at radius 1 is 1.16 bits per heavy atom. The number of nitrogens with zero attached hydrogens (tertiary/aromatic N) is 4. The number of piperazine rings is 1. The van der Waals surface area contributed by atoms with Crippen LogP contribution < -0.4 is 4.90 Å². The van der Waals surface area contributed by atoms with Gasteiger partial charge in [-0.1, -0.05) is 6.07 Å². The Balaban J connectivity index is 1.15. The smallest absolute Gasteiger partial charge is 0.409 e. The number of ether oxygens (including phenoxy) is 1. The summed E-state index contributed by atoms with van der Waals surface area (Å²) in [5.74, 6) is 1.69. The van der Waals surface area contributed by atoms with Gasteiger partial charge in [0, 0.05) is 56.9 Å². The highest BCUT2D eigenvalue weighted by atomic mass is 16.6. The van der Waals surface area contributed by atoms with Gasteiger partial charge in [0.1, 0.15) is 5.82 Å². The number of likely N-dealkylation sites (tertiary alicyclic amines) is 1. The van der Waals surface area contributed by atoms with Crippen molar-refractivity contribution < 1.29 is 14.6 Å². The maximum absolute atomic E-state index is 11.9. The molecule has 1 spiro atoms. The molecule has 2 aliphatic carbocycles. The molecule has 4 aliphatic rings. The predicted octanol–water partition coefficient (Wildman–Crippen LogP) is 3.23. The summed E-state index contributed by atoms with van der Waals surface area (Å²) in [6.45, 7) is 8.28. The topological polar surface area (TPSA) is 69.1 Å². The van der Waals surface area contributed by atoms with Gasteiger partial charge in [0.2, 0.25) is 0 Å². The first-order valence-corrected chi connectivity index (χ1v) is 12.6. The molecular formula is C25H38N4O3. The van der Waals surface area contributed by atoms with E-state index in [-0.39, 0.29) is 12.2 Å². The van der Waals surface area contributed by atoms with Gasteiger partial charge >= 0.3 is 6.09 Å². The van der Waals surface area contributed by atoms with Gasteiger partial charge in [-0.3, -0.25) is 4.90 Å². The summed E-state index contributed by atoms with van der Waals surface area (Å²) in [6.07, 6.45) is 9.28. The number of rotatable bonds is 4. The van der Waals surface area contributed by atoms with Crippen LogP contribution in [0.15, 0.2) is 18.3 Å². The average Bonchev–Trinajstić information content (AvgIpc) is 3.25. The molecule has 4 fully saturated rings. The second-order valence-corrected chi connectivity index (χ2v) is 10.4. The molecule has 5 rings (SSSR count). The highest BCUT2D eigenvalue weighted by molar-refractivity contribution is 5.69. The van der Waals surface area contributed by atoms with Crippen molar-refractivity contribution in [1.29, 1.82) is 0 Å². The average molecular weight is 443 g/mol. The van der Waals surface area contributed by atoms with E-state index in [1.54, 1.807) is 0 Å². The molecule has 3 heterocycles. The highest BCUT2D eigenvalue weighted by Gasteiger charge is 2.51. The fourth-order valence-corrected chi connectivity index (χ4v) is 6.56. The van der Waals surface area contributed by atoms with Crippen molar-refractivity contribution in [3.05, 3.63) is 23.9 Å². The first kappa shape index (κ1) is 22.0. The summed E-state index contributed by atoms with van der Waals surface area (Å²) in [5, 5.41) is 9.89. The van der Waals surface area contributed by atoms with Gasteiger partial charge in [-0.2, -0.15) is 0 Å². The lowest BCUT2D eigenvalue weighted by atomic mass is 9.78. The molecule has 0 bridgehead atoms. The normalized spacial score (nSPS) is 30.4.